The van der Waals surface area contributed by atoms with Gasteiger partial charge in [0.2, 0.25) is 0 Å². The average Bonchev–Trinajstić information content (AvgIpc) is 2.20. The third-order valence-corrected chi connectivity index (χ3v) is 2.32. The summed E-state index contributed by atoms with van der Waals surface area (Å²) in [6, 6.07) is 3.96. The number of anilines is 1. The molecule has 4 nitrogen and oxygen atoms in total. The average molecular weight is 248 g/mol. The molecule has 6 heteroatoms. The number of carboxylic acid groups (broad SMARTS) is 1. The van der Waals surface area contributed by atoms with Crippen molar-refractivity contribution in [1.29, 1.82) is 0 Å². The van der Waals surface area contributed by atoms with Gasteiger partial charge in [-0.1, -0.05) is 11.6 Å². The van der Waals surface area contributed by atoms with E-state index in [1.165, 1.54) is 12.1 Å². The van der Waals surface area contributed by atoms with Crippen LogP contribution in [-0.2, 0) is 4.79 Å². The van der Waals surface area contributed by atoms with Crippen molar-refractivity contribution in [3.63, 3.8) is 0 Å². The Morgan fingerprint density at radius 1 is 1.62 bits per heavy atom. The van der Waals surface area contributed by atoms with E-state index in [1.807, 2.05) is 0 Å². The van der Waals surface area contributed by atoms with Gasteiger partial charge < -0.3 is 15.5 Å². The Labute approximate surface area is 96.7 Å². The molecule has 88 valence electrons. The predicted molar refractivity (Wildman–Crippen MR) is 58.2 cm³/mol. The lowest BCUT2D eigenvalue weighted by Gasteiger charge is -2.19. The molecule has 1 aromatic carbocycles. The number of carbonyl (C=O) groups is 1. The van der Waals surface area contributed by atoms with Gasteiger partial charge in [-0.2, -0.15) is 0 Å². The van der Waals surface area contributed by atoms with Crippen molar-refractivity contribution in [2.45, 2.75) is 12.5 Å². The second-order valence-corrected chi connectivity index (χ2v) is 3.97. The summed E-state index contributed by atoms with van der Waals surface area (Å²) < 4.78 is 13.0. The Balaban J connectivity index is 2.68. The van der Waals surface area contributed by atoms with Crippen molar-refractivity contribution in [2.75, 3.05) is 11.9 Å². The SMILES string of the molecule is CC(O)(CNc1ccc(Cl)c(F)c1)C(=O)O. The van der Waals surface area contributed by atoms with Crippen LogP contribution in [0.1, 0.15) is 6.92 Å². The minimum absolute atomic E-state index is 0.0180. The lowest BCUT2D eigenvalue weighted by Crippen LogP contribution is -2.41. The Kier molecular flexibility index (Phi) is 3.72. The third-order valence-electron chi connectivity index (χ3n) is 2.02. The maximum atomic E-state index is 13.0. The fraction of sp³-hybridized carbons (Fsp3) is 0.300. The Morgan fingerprint density at radius 3 is 2.75 bits per heavy atom. The van der Waals surface area contributed by atoms with Crippen LogP contribution >= 0.6 is 11.6 Å². The summed E-state index contributed by atoms with van der Waals surface area (Å²) in [5, 5.41) is 20.6. The fourth-order valence-electron chi connectivity index (χ4n) is 0.956. The number of benzene rings is 1. The molecule has 0 aromatic heterocycles. The van der Waals surface area contributed by atoms with Crippen molar-refractivity contribution in [3.05, 3.63) is 29.0 Å². The first-order chi connectivity index (χ1) is 7.33. The van der Waals surface area contributed by atoms with Crippen LogP contribution in [0.2, 0.25) is 5.02 Å². The topological polar surface area (TPSA) is 69.6 Å². The monoisotopic (exact) mass is 247 g/mol. The molecule has 0 fully saturated rings. The molecule has 0 spiro atoms. The molecule has 1 unspecified atom stereocenters. The largest absolute Gasteiger partial charge is 0.479 e. The first kappa shape index (κ1) is 12.7. The zero-order chi connectivity index (χ0) is 12.3. The van der Waals surface area contributed by atoms with Gasteiger partial charge in [-0.15, -0.1) is 0 Å². The molecule has 1 rings (SSSR count). The predicted octanol–water partition coefficient (Wildman–Crippen LogP) is 1.73. The van der Waals surface area contributed by atoms with Crippen LogP contribution in [0.5, 0.6) is 0 Å². The van der Waals surface area contributed by atoms with Crippen molar-refractivity contribution in [3.8, 4) is 0 Å². The van der Waals surface area contributed by atoms with Crippen molar-refractivity contribution < 1.29 is 19.4 Å². The van der Waals surface area contributed by atoms with Crippen LogP contribution in [0.3, 0.4) is 0 Å². The number of carboxylic acids is 1. The Hall–Kier alpha value is -1.33. The minimum atomic E-state index is -1.91. The lowest BCUT2D eigenvalue weighted by atomic mass is 10.1. The minimum Gasteiger partial charge on any atom is -0.479 e. The summed E-state index contributed by atoms with van der Waals surface area (Å²) in [5.41, 5.74) is -1.56. The Morgan fingerprint density at radius 2 is 2.25 bits per heavy atom. The van der Waals surface area contributed by atoms with E-state index in [0.29, 0.717) is 5.69 Å². The smallest absolute Gasteiger partial charge is 0.337 e. The van der Waals surface area contributed by atoms with Gasteiger partial charge in [0.15, 0.2) is 5.60 Å². The number of hydrogen-bond acceptors (Lipinski definition) is 3. The maximum Gasteiger partial charge on any atom is 0.337 e. The van der Waals surface area contributed by atoms with E-state index in [-0.39, 0.29) is 11.6 Å². The second-order valence-electron chi connectivity index (χ2n) is 3.56. The Bertz CT molecular complexity index is 409. The van der Waals surface area contributed by atoms with Gasteiger partial charge >= 0.3 is 5.97 Å². The molecule has 0 aliphatic rings. The normalized spacial score (nSPS) is 14.2. The van der Waals surface area contributed by atoms with Crippen LogP contribution in [0.4, 0.5) is 10.1 Å². The van der Waals surface area contributed by atoms with E-state index in [1.54, 1.807) is 0 Å². The van der Waals surface area contributed by atoms with Crippen LogP contribution < -0.4 is 5.32 Å². The zero-order valence-electron chi connectivity index (χ0n) is 8.50. The summed E-state index contributed by atoms with van der Waals surface area (Å²) in [5.74, 6) is -1.96. The molecule has 1 aromatic rings. The fourth-order valence-corrected chi connectivity index (χ4v) is 1.07. The number of aliphatic carboxylic acids is 1. The third kappa shape index (κ3) is 3.08. The van der Waals surface area contributed by atoms with Crippen LogP contribution in [0, 0.1) is 5.82 Å². The van der Waals surface area contributed by atoms with Gasteiger partial charge in [-0.3, -0.25) is 0 Å². The van der Waals surface area contributed by atoms with E-state index in [4.69, 9.17) is 16.7 Å². The van der Waals surface area contributed by atoms with Gasteiger partial charge in [0, 0.05) is 5.69 Å². The van der Waals surface area contributed by atoms with Gasteiger partial charge in [0.05, 0.1) is 11.6 Å². The lowest BCUT2D eigenvalue weighted by molar-refractivity contribution is -0.155. The van der Waals surface area contributed by atoms with E-state index < -0.39 is 17.4 Å². The quantitative estimate of drug-likeness (QED) is 0.758. The number of rotatable bonds is 4. The summed E-state index contributed by atoms with van der Waals surface area (Å²) >= 11 is 5.47. The number of nitrogens with one attached hydrogen (secondary N) is 1. The van der Waals surface area contributed by atoms with Gasteiger partial charge in [0.1, 0.15) is 5.82 Å². The van der Waals surface area contributed by atoms with Crippen molar-refractivity contribution >= 4 is 23.3 Å². The summed E-state index contributed by atoms with van der Waals surface area (Å²) in [4.78, 5) is 10.6. The first-order valence-corrected chi connectivity index (χ1v) is 4.85. The van der Waals surface area contributed by atoms with Crippen molar-refractivity contribution in [1.82, 2.24) is 0 Å². The molecule has 0 aliphatic carbocycles. The van der Waals surface area contributed by atoms with Gasteiger partial charge in [-0.05, 0) is 25.1 Å². The highest BCUT2D eigenvalue weighted by molar-refractivity contribution is 6.30. The molecule has 0 bridgehead atoms. The van der Waals surface area contributed by atoms with Gasteiger partial charge in [-0.25, -0.2) is 9.18 Å². The molecular formula is C10H11ClFNO3. The highest BCUT2D eigenvalue weighted by Gasteiger charge is 2.29. The number of aliphatic hydroxyl groups is 1. The first-order valence-electron chi connectivity index (χ1n) is 4.47. The van der Waals surface area contributed by atoms with Crippen LogP contribution in [0.25, 0.3) is 0 Å². The van der Waals surface area contributed by atoms with E-state index in [2.05, 4.69) is 5.32 Å². The summed E-state index contributed by atoms with van der Waals surface area (Å²) in [6.45, 7) is 0.915. The van der Waals surface area contributed by atoms with Gasteiger partial charge in [0.25, 0.3) is 0 Å². The van der Waals surface area contributed by atoms with E-state index in [0.717, 1.165) is 13.0 Å². The van der Waals surface area contributed by atoms with Crippen molar-refractivity contribution in [2.24, 2.45) is 0 Å². The molecular weight excluding hydrogens is 237 g/mol. The molecule has 3 N–H and O–H groups in total. The molecule has 0 radical (unpaired) electrons. The summed E-state index contributed by atoms with van der Waals surface area (Å²) in [6.07, 6.45) is 0. The molecule has 16 heavy (non-hydrogen) atoms. The van der Waals surface area contributed by atoms with E-state index in [9.17, 15) is 14.3 Å². The standard InChI is InChI=1S/C10H11ClFNO3/c1-10(16,9(14)15)5-13-6-2-3-7(11)8(12)4-6/h2-4,13,16H,5H2,1H3,(H,14,15). The highest BCUT2D eigenvalue weighted by Crippen LogP contribution is 2.19. The number of hydrogen-bond donors (Lipinski definition) is 3. The van der Waals surface area contributed by atoms with Crippen LogP contribution in [0.15, 0.2) is 18.2 Å². The van der Waals surface area contributed by atoms with Crippen LogP contribution in [-0.4, -0.2) is 28.3 Å². The summed E-state index contributed by atoms with van der Waals surface area (Å²) in [7, 11) is 0. The second kappa shape index (κ2) is 4.67. The molecule has 0 amide bonds. The van der Waals surface area contributed by atoms with E-state index >= 15 is 0 Å². The number of halogens is 2. The molecule has 0 saturated heterocycles. The highest BCUT2D eigenvalue weighted by atomic mass is 35.5. The molecule has 0 aliphatic heterocycles. The zero-order valence-corrected chi connectivity index (χ0v) is 9.25. The maximum absolute atomic E-state index is 13.0. The molecule has 0 saturated carbocycles. The molecule has 0 heterocycles. The molecule has 1 atom stereocenters.